The summed E-state index contributed by atoms with van der Waals surface area (Å²) >= 11 is 5.43. The molecule has 0 bridgehead atoms. The van der Waals surface area contributed by atoms with E-state index in [1.54, 1.807) is 0 Å². The van der Waals surface area contributed by atoms with E-state index < -0.39 is 0 Å². The average Bonchev–Trinajstić information content (AvgIpc) is 2.75. The van der Waals surface area contributed by atoms with Gasteiger partial charge in [-0.15, -0.1) is 11.3 Å². The minimum Gasteiger partial charge on any atom is -0.330 e. The van der Waals surface area contributed by atoms with Crippen LogP contribution in [0.4, 0.5) is 0 Å². The minimum absolute atomic E-state index is 0.546. The Balaban J connectivity index is 2.21. The Labute approximate surface area is 116 Å². The largest absolute Gasteiger partial charge is 0.330 e. The zero-order chi connectivity index (χ0) is 12.3. The van der Waals surface area contributed by atoms with E-state index in [1.165, 1.54) is 41.0 Å². The highest BCUT2D eigenvalue weighted by Crippen LogP contribution is 2.39. The van der Waals surface area contributed by atoms with Crippen LogP contribution in [0.2, 0.25) is 0 Å². The standard InChI is InChI=1S/C13H21BrN2S/c1-2-7-16-8-3-4-10(9-15)13(16)11-5-6-12(14)17-11/h5-6,10,13H,2-4,7-9,15H2,1H3. The van der Waals surface area contributed by atoms with Crippen molar-refractivity contribution in [2.45, 2.75) is 32.2 Å². The highest BCUT2D eigenvalue weighted by Gasteiger charge is 2.32. The van der Waals surface area contributed by atoms with Crippen LogP contribution < -0.4 is 5.73 Å². The van der Waals surface area contributed by atoms with Crippen molar-refractivity contribution in [1.29, 1.82) is 0 Å². The van der Waals surface area contributed by atoms with E-state index in [9.17, 15) is 0 Å². The molecule has 1 saturated heterocycles. The molecule has 2 atom stereocenters. The molecule has 1 aliphatic rings. The number of thiophene rings is 1. The Bertz CT molecular complexity index is 351. The van der Waals surface area contributed by atoms with Crippen LogP contribution in [0.1, 0.15) is 37.1 Å². The number of rotatable bonds is 4. The molecular weight excluding hydrogens is 296 g/mol. The van der Waals surface area contributed by atoms with Crippen molar-refractivity contribution < 1.29 is 0 Å². The molecule has 2 N–H and O–H groups in total. The number of hydrogen-bond donors (Lipinski definition) is 1. The minimum atomic E-state index is 0.546. The van der Waals surface area contributed by atoms with E-state index in [2.05, 4.69) is 39.9 Å². The summed E-state index contributed by atoms with van der Waals surface area (Å²) in [5.41, 5.74) is 5.96. The Kier molecular flexibility index (Phi) is 5.03. The first-order valence-corrected chi connectivity index (χ1v) is 8.06. The molecule has 1 aliphatic heterocycles. The van der Waals surface area contributed by atoms with Gasteiger partial charge in [0.2, 0.25) is 0 Å². The number of hydrogen-bond acceptors (Lipinski definition) is 3. The molecule has 2 nitrogen and oxygen atoms in total. The van der Waals surface area contributed by atoms with Crippen molar-refractivity contribution in [2.75, 3.05) is 19.6 Å². The Morgan fingerprint density at radius 1 is 1.53 bits per heavy atom. The number of piperidine rings is 1. The summed E-state index contributed by atoms with van der Waals surface area (Å²) in [5, 5.41) is 0. The smallest absolute Gasteiger partial charge is 0.0701 e. The number of nitrogens with zero attached hydrogens (tertiary/aromatic N) is 1. The fourth-order valence-corrected chi connectivity index (χ4v) is 4.49. The van der Waals surface area contributed by atoms with Crippen LogP contribution in [0.3, 0.4) is 0 Å². The molecule has 0 aliphatic carbocycles. The van der Waals surface area contributed by atoms with E-state index in [0.29, 0.717) is 12.0 Å². The first-order valence-electron chi connectivity index (χ1n) is 6.45. The maximum absolute atomic E-state index is 5.96. The summed E-state index contributed by atoms with van der Waals surface area (Å²) in [4.78, 5) is 4.10. The Morgan fingerprint density at radius 2 is 2.35 bits per heavy atom. The van der Waals surface area contributed by atoms with E-state index in [1.807, 2.05) is 11.3 Å². The third-order valence-corrected chi connectivity index (χ3v) is 5.25. The van der Waals surface area contributed by atoms with Gasteiger partial charge in [0.1, 0.15) is 0 Å². The maximum atomic E-state index is 5.96. The molecule has 4 heteroatoms. The van der Waals surface area contributed by atoms with E-state index >= 15 is 0 Å². The van der Waals surface area contributed by atoms with Crippen molar-refractivity contribution in [2.24, 2.45) is 11.7 Å². The second-order valence-electron chi connectivity index (χ2n) is 4.76. The van der Waals surface area contributed by atoms with Crippen LogP contribution >= 0.6 is 27.3 Å². The second kappa shape index (κ2) is 6.32. The molecule has 0 spiro atoms. The first kappa shape index (κ1) is 13.5. The van der Waals surface area contributed by atoms with Gasteiger partial charge in [0.15, 0.2) is 0 Å². The summed E-state index contributed by atoms with van der Waals surface area (Å²) in [6, 6.07) is 4.97. The average molecular weight is 317 g/mol. The molecule has 0 saturated carbocycles. The van der Waals surface area contributed by atoms with Crippen LogP contribution in [-0.4, -0.2) is 24.5 Å². The molecule has 2 unspecified atom stereocenters. The van der Waals surface area contributed by atoms with Gasteiger partial charge in [-0.05, 0) is 72.9 Å². The fraction of sp³-hybridized carbons (Fsp3) is 0.692. The second-order valence-corrected chi connectivity index (χ2v) is 7.26. The lowest BCUT2D eigenvalue weighted by Gasteiger charge is -2.40. The third kappa shape index (κ3) is 3.11. The highest BCUT2D eigenvalue weighted by atomic mass is 79.9. The summed E-state index contributed by atoms with van der Waals surface area (Å²) in [7, 11) is 0. The zero-order valence-corrected chi connectivity index (χ0v) is 12.8. The Morgan fingerprint density at radius 3 is 2.94 bits per heavy atom. The predicted octanol–water partition coefficient (Wildman–Crippen LogP) is 3.63. The highest BCUT2D eigenvalue weighted by molar-refractivity contribution is 9.11. The monoisotopic (exact) mass is 316 g/mol. The first-order chi connectivity index (χ1) is 8.26. The van der Waals surface area contributed by atoms with Gasteiger partial charge in [-0.3, -0.25) is 4.90 Å². The van der Waals surface area contributed by atoms with Gasteiger partial charge in [-0.2, -0.15) is 0 Å². The molecule has 2 rings (SSSR count). The molecule has 0 amide bonds. The summed E-state index contributed by atoms with van der Waals surface area (Å²) in [6.45, 7) is 5.48. The summed E-state index contributed by atoms with van der Waals surface area (Å²) < 4.78 is 1.23. The molecule has 1 aromatic heterocycles. The SMILES string of the molecule is CCCN1CCCC(CN)C1c1ccc(Br)s1. The van der Waals surface area contributed by atoms with Gasteiger partial charge in [0.25, 0.3) is 0 Å². The molecular formula is C13H21BrN2S. The van der Waals surface area contributed by atoms with Crippen LogP contribution in [0.15, 0.2) is 15.9 Å². The summed E-state index contributed by atoms with van der Waals surface area (Å²) in [6.07, 6.45) is 3.79. The molecule has 1 fully saturated rings. The van der Waals surface area contributed by atoms with Gasteiger partial charge in [-0.1, -0.05) is 6.92 Å². The van der Waals surface area contributed by atoms with Crippen LogP contribution in [0.5, 0.6) is 0 Å². The number of nitrogens with two attached hydrogens (primary N) is 1. The molecule has 0 aromatic carbocycles. The lowest BCUT2D eigenvalue weighted by molar-refractivity contribution is 0.0985. The number of halogens is 1. The third-order valence-electron chi connectivity index (χ3n) is 3.56. The van der Waals surface area contributed by atoms with Crippen LogP contribution in [-0.2, 0) is 0 Å². The van der Waals surface area contributed by atoms with Gasteiger partial charge >= 0.3 is 0 Å². The van der Waals surface area contributed by atoms with Gasteiger partial charge in [-0.25, -0.2) is 0 Å². The molecule has 17 heavy (non-hydrogen) atoms. The zero-order valence-electron chi connectivity index (χ0n) is 10.4. The topological polar surface area (TPSA) is 29.3 Å². The lowest BCUT2D eigenvalue weighted by atomic mass is 9.88. The van der Waals surface area contributed by atoms with Gasteiger partial charge < -0.3 is 5.73 Å². The van der Waals surface area contributed by atoms with Crippen molar-refractivity contribution in [3.63, 3.8) is 0 Å². The normalized spacial score (nSPS) is 26.3. The van der Waals surface area contributed by atoms with Crippen molar-refractivity contribution >= 4 is 27.3 Å². The van der Waals surface area contributed by atoms with E-state index in [4.69, 9.17) is 5.73 Å². The lowest BCUT2D eigenvalue weighted by Crippen LogP contribution is -2.41. The molecule has 2 heterocycles. The molecule has 0 radical (unpaired) electrons. The van der Waals surface area contributed by atoms with Crippen LogP contribution in [0.25, 0.3) is 0 Å². The maximum Gasteiger partial charge on any atom is 0.0701 e. The fourth-order valence-electron chi connectivity index (χ4n) is 2.84. The van der Waals surface area contributed by atoms with Crippen LogP contribution in [0, 0.1) is 5.92 Å². The summed E-state index contributed by atoms with van der Waals surface area (Å²) in [5.74, 6) is 0.626. The molecule has 1 aromatic rings. The quantitative estimate of drug-likeness (QED) is 0.919. The number of likely N-dealkylation sites (tertiary alicyclic amines) is 1. The van der Waals surface area contributed by atoms with Crippen molar-refractivity contribution in [1.82, 2.24) is 4.90 Å². The molecule has 96 valence electrons. The van der Waals surface area contributed by atoms with Gasteiger partial charge in [0, 0.05) is 10.9 Å². The Hall–Kier alpha value is 0.1000. The van der Waals surface area contributed by atoms with Crippen molar-refractivity contribution in [3.05, 3.63) is 20.8 Å². The van der Waals surface area contributed by atoms with Crippen molar-refractivity contribution in [3.8, 4) is 0 Å². The predicted molar refractivity (Wildman–Crippen MR) is 78.4 cm³/mol. The van der Waals surface area contributed by atoms with E-state index in [0.717, 1.165) is 6.54 Å². The van der Waals surface area contributed by atoms with E-state index in [-0.39, 0.29) is 0 Å². The van der Waals surface area contributed by atoms with Gasteiger partial charge in [0.05, 0.1) is 3.79 Å².